The highest BCUT2D eigenvalue weighted by Gasteiger charge is 2.47. The lowest BCUT2D eigenvalue weighted by Gasteiger charge is -2.26. The van der Waals surface area contributed by atoms with Crippen molar-refractivity contribution in [2.45, 2.75) is 39.0 Å². The third-order valence-corrected chi connectivity index (χ3v) is 3.73. The molecule has 0 radical (unpaired) electrons. The fourth-order valence-electron chi connectivity index (χ4n) is 2.93. The smallest absolute Gasteiger partial charge is 0.395 e. The van der Waals surface area contributed by atoms with E-state index >= 15 is 0 Å². The zero-order chi connectivity index (χ0) is 17.6. The van der Waals surface area contributed by atoms with Crippen LogP contribution in [0.5, 0.6) is 11.5 Å². The molecule has 3 rings (SSSR count). The van der Waals surface area contributed by atoms with Crippen molar-refractivity contribution in [1.29, 1.82) is 0 Å². The summed E-state index contributed by atoms with van der Waals surface area (Å²) >= 11 is 0. The van der Waals surface area contributed by atoms with Crippen LogP contribution in [0.3, 0.4) is 0 Å². The first-order valence-electron chi connectivity index (χ1n) is 7.22. The fourth-order valence-corrected chi connectivity index (χ4v) is 2.93. The average Bonchev–Trinajstić information content (AvgIpc) is 2.74. The largest absolute Gasteiger partial charge is 0.586 e. The van der Waals surface area contributed by atoms with E-state index in [4.69, 9.17) is 0 Å². The number of rotatable bonds is 2. The Morgan fingerprint density at radius 1 is 1.25 bits per heavy atom. The van der Waals surface area contributed by atoms with E-state index in [9.17, 15) is 23.2 Å². The zero-order valence-corrected chi connectivity index (χ0v) is 12.9. The number of anilines is 1. The van der Waals surface area contributed by atoms with Crippen molar-refractivity contribution in [3.8, 4) is 11.5 Å². The molecule has 7 nitrogen and oxygen atoms in total. The highest BCUT2D eigenvalue weighted by molar-refractivity contribution is 6.11. The molecule has 2 aliphatic rings. The van der Waals surface area contributed by atoms with Crippen molar-refractivity contribution in [3.63, 3.8) is 0 Å². The van der Waals surface area contributed by atoms with Crippen LogP contribution in [0.2, 0.25) is 0 Å². The minimum absolute atomic E-state index is 0.0512. The Morgan fingerprint density at radius 2 is 1.96 bits per heavy atom. The fraction of sp³-hybridized carbons (Fsp3) is 0.400. The minimum Gasteiger partial charge on any atom is -0.395 e. The van der Waals surface area contributed by atoms with Crippen molar-refractivity contribution in [2.24, 2.45) is 0 Å². The normalized spacial score (nSPS) is 20.3. The van der Waals surface area contributed by atoms with Crippen LogP contribution in [0.1, 0.15) is 36.2 Å². The Morgan fingerprint density at radius 3 is 2.58 bits per heavy atom. The molecule has 1 atom stereocenters. The summed E-state index contributed by atoms with van der Waals surface area (Å²) in [6.45, 7) is 2.50. The molecule has 1 aromatic rings. The Balaban J connectivity index is 2.11. The van der Waals surface area contributed by atoms with Gasteiger partial charge in [0.15, 0.2) is 17.3 Å². The maximum Gasteiger partial charge on any atom is 0.586 e. The minimum atomic E-state index is -3.83. The van der Waals surface area contributed by atoms with Gasteiger partial charge in [-0.3, -0.25) is 14.4 Å². The summed E-state index contributed by atoms with van der Waals surface area (Å²) < 4.78 is 35.7. The summed E-state index contributed by atoms with van der Waals surface area (Å²) in [5.41, 5.74) is 0.341. The highest BCUT2D eigenvalue weighted by Crippen LogP contribution is 2.49. The molecule has 0 spiro atoms. The van der Waals surface area contributed by atoms with E-state index in [1.165, 1.54) is 13.8 Å². The lowest BCUT2D eigenvalue weighted by Crippen LogP contribution is -2.43. The molecule has 24 heavy (non-hydrogen) atoms. The van der Waals surface area contributed by atoms with E-state index < -0.39 is 24.0 Å². The highest BCUT2D eigenvalue weighted by atomic mass is 19.3. The summed E-state index contributed by atoms with van der Waals surface area (Å²) in [6, 6.07) is 0.341. The number of nitrogens with one attached hydrogen (secondary N) is 2. The van der Waals surface area contributed by atoms with Crippen molar-refractivity contribution in [1.82, 2.24) is 5.32 Å². The van der Waals surface area contributed by atoms with E-state index in [1.807, 2.05) is 0 Å². The number of hydrogen-bond acceptors (Lipinski definition) is 5. The molecule has 2 amide bonds. The molecular formula is C15H14F2N2O5. The Labute approximate surface area is 135 Å². The second-order valence-corrected chi connectivity index (χ2v) is 5.61. The number of carbonyl (C=O) groups excluding carboxylic acids is 3. The molecule has 1 aliphatic heterocycles. The van der Waals surface area contributed by atoms with Crippen molar-refractivity contribution in [2.75, 3.05) is 5.32 Å². The predicted molar refractivity (Wildman–Crippen MR) is 77.2 cm³/mol. The summed E-state index contributed by atoms with van der Waals surface area (Å²) in [7, 11) is 0. The van der Waals surface area contributed by atoms with Gasteiger partial charge in [-0.1, -0.05) is 0 Å². The first-order chi connectivity index (χ1) is 11.2. The number of fused-ring (bicyclic) bond motifs is 3. The van der Waals surface area contributed by atoms with Crippen molar-refractivity contribution in [3.05, 3.63) is 17.2 Å². The first-order valence-corrected chi connectivity index (χ1v) is 7.22. The monoisotopic (exact) mass is 340 g/mol. The maximum atomic E-state index is 13.4. The van der Waals surface area contributed by atoms with Gasteiger partial charge in [0.2, 0.25) is 11.8 Å². The third kappa shape index (κ3) is 2.77. The molecule has 1 aliphatic carbocycles. The van der Waals surface area contributed by atoms with Crippen LogP contribution >= 0.6 is 0 Å². The number of benzene rings is 1. The van der Waals surface area contributed by atoms with Gasteiger partial charge in [0.25, 0.3) is 0 Å². The molecule has 2 N–H and O–H groups in total. The maximum absolute atomic E-state index is 13.4. The van der Waals surface area contributed by atoms with Gasteiger partial charge in [-0.25, -0.2) is 0 Å². The molecule has 0 fully saturated rings. The Kier molecular flexibility index (Phi) is 3.66. The summed E-state index contributed by atoms with van der Waals surface area (Å²) in [6.07, 6.45) is -3.39. The van der Waals surface area contributed by atoms with Gasteiger partial charge in [-0.2, -0.15) is 0 Å². The van der Waals surface area contributed by atoms with E-state index in [0.717, 1.165) is 6.07 Å². The quantitative estimate of drug-likeness (QED) is 0.853. The van der Waals surface area contributed by atoms with E-state index in [1.54, 1.807) is 0 Å². The van der Waals surface area contributed by atoms with Crippen molar-refractivity contribution < 1.29 is 32.6 Å². The summed E-state index contributed by atoms with van der Waals surface area (Å²) in [5.74, 6) is -1.79. The molecule has 1 aromatic carbocycles. The van der Waals surface area contributed by atoms with Gasteiger partial charge in [-0.15, -0.1) is 8.78 Å². The molecule has 0 saturated heterocycles. The van der Waals surface area contributed by atoms with Crippen LogP contribution in [0, 0.1) is 0 Å². The lowest BCUT2D eigenvalue weighted by molar-refractivity contribution is -0.286. The standard InChI is InChI=1S/C15H14F2N2O5/c1-6(20)18-9-4-3-8-12(13(9)22)10(19-7(2)21)5-11-14(8)24-15(16,17)23-11/h5,9H,3-4H2,1-2H3,(H,18,20)(H,19,21). The Bertz CT molecular complexity index is 763. The van der Waals surface area contributed by atoms with Gasteiger partial charge < -0.3 is 20.1 Å². The van der Waals surface area contributed by atoms with Crippen LogP contribution < -0.4 is 20.1 Å². The number of amides is 2. The number of Topliss-reactive ketones (excluding diaryl/α,β-unsaturated/α-hetero) is 1. The number of alkyl halides is 2. The van der Waals surface area contributed by atoms with Crippen LogP contribution in [0.15, 0.2) is 6.07 Å². The van der Waals surface area contributed by atoms with E-state index in [0.29, 0.717) is 0 Å². The van der Waals surface area contributed by atoms with E-state index in [-0.39, 0.29) is 47.1 Å². The average molecular weight is 340 g/mol. The second-order valence-electron chi connectivity index (χ2n) is 5.61. The van der Waals surface area contributed by atoms with Crippen LogP contribution in [-0.4, -0.2) is 29.9 Å². The lowest BCUT2D eigenvalue weighted by atomic mass is 9.85. The predicted octanol–water partition coefficient (Wildman–Crippen LogP) is 1.60. The topological polar surface area (TPSA) is 93.7 Å². The van der Waals surface area contributed by atoms with E-state index in [2.05, 4.69) is 20.1 Å². The SMILES string of the molecule is CC(=O)Nc1cc2c(c3c1C(=O)C(NC(C)=O)CC3)OC(F)(F)O2. The third-order valence-electron chi connectivity index (χ3n) is 3.73. The zero-order valence-electron chi connectivity index (χ0n) is 12.9. The molecule has 0 saturated carbocycles. The number of halogens is 2. The molecule has 0 bridgehead atoms. The molecule has 0 aromatic heterocycles. The summed E-state index contributed by atoms with van der Waals surface area (Å²) in [4.78, 5) is 35.3. The van der Waals surface area contributed by atoms with Crippen LogP contribution in [-0.2, 0) is 16.0 Å². The molecule has 128 valence electrons. The van der Waals surface area contributed by atoms with Gasteiger partial charge >= 0.3 is 6.29 Å². The Hall–Kier alpha value is -2.71. The second kappa shape index (κ2) is 5.43. The molecule has 1 heterocycles. The van der Waals surface area contributed by atoms with Crippen LogP contribution in [0.25, 0.3) is 0 Å². The van der Waals surface area contributed by atoms with Gasteiger partial charge in [0, 0.05) is 25.5 Å². The summed E-state index contributed by atoms with van der Waals surface area (Å²) in [5, 5.41) is 4.96. The number of carbonyl (C=O) groups is 3. The first kappa shape index (κ1) is 16.2. The van der Waals surface area contributed by atoms with Gasteiger partial charge in [0.05, 0.1) is 17.3 Å². The molecule has 1 unspecified atom stereocenters. The van der Waals surface area contributed by atoms with Gasteiger partial charge in [0.1, 0.15) is 0 Å². The number of ketones is 1. The molecule has 9 heteroatoms. The number of ether oxygens (including phenoxy) is 2. The van der Waals surface area contributed by atoms with Crippen molar-refractivity contribution >= 4 is 23.3 Å². The molecular weight excluding hydrogens is 326 g/mol. The number of hydrogen-bond donors (Lipinski definition) is 2. The van der Waals surface area contributed by atoms with Gasteiger partial charge in [-0.05, 0) is 12.8 Å². The van der Waals surface area contributed by atoms with Crippen LogP contribution in [0.4, 0.5) is 14.5 Å².